The molecule has 3 rings (SSSR count). The lowest BCUT2D eigenvalue weighted by Crippen LogP contribution is -2.45. The Hall–Kier alpha value is -4.26. The van der Waals surface area contributed by atoms with E-state index in [0.29, 0.717) is 5.56 Å². The molecule has 1 fully saturated rings. The number of hydrogen-bond donors (Lipinski definition) is 1. The Balaban J connectivity index is 0.000000413. The van der Waals surface area contributed by atoms with E-state index in [1.165, 1.54) is 19.8 Å². The van der Waals surface area contributed by atoms with Crippen LogP contribution in [0.4, 0.5) is 9.59 Å². The number of rotatable bonds is 7. The molecule has 1 N–H and O–H groups in total. The highest BCUT2D eigenvalue weighted by molar-refractivity contribution is 9.10. The van der Waals surface area contributed by atoms with Gasteiger partial charge in [0, 0.05) is 22.9 Å². The number of alkyl carbamates (subject to hydrolysis) is 1. The van der Waals surface area contributed by atoms with Gasteiger partial charge in [-0.3, -0.25) is 9.59 Å². The van der Waals surface area contributed by atoms with Crippen molar-refractivity contribution in [3.05, 3.63) is 69.7 Å². The summed E-state index contributed by atoms with van der Waals surface area (Å²) in [6.07, 6.45) is -0.836. The molecule has 1 saturated heterocycles. The Morgan fingerprint density at radius 2 is 1.35 bits per heavy atom. The second-order valence-electron chi connectivity index (χ2n) is 13.2. The van der Waals surface area contributed by atoms with E-state index in [1.807, 2.05) is 31.2 Å². The number of hydrogen-bond acceptors (Lipinski definition) is 10. The zero-order chi connectivity index (χ0) is 37.5. The lowest BCUT2D eigenvalue weighted by Gasteiger charge is -2.26. The number of aryl methyl sites for hydroxylation is 2. The summed E-state index contributed by atoms with van der Waals surface area (Å²) in [7, 11) is 2.45. The molecule has 2 aromatic rings. The molecule has 0 unspecified atom stereocenters. The molecule has 0 saturated carbocycles. The summed E-state index contributed by atoms with van der Waals surface area (Å²) in [6, 6.07) is 13.6. The molecule has 3 amide bonds. The van der Waals surface area contributed by atoms with Gasteiger partial charge in [-0.2, -0.15) is 0 Å². The van der Waals surface area contributed by atoms with E-state index in [1.54, 1.807) is 53.7 Å². The van der Waals surface area contributed by atoms with Gasteiger partial charge in [0.15, 0.2) is 5.78 Å². The van der Waals surface area contributed by atoms with E-state index in [-0.39, 0.29) is 31.5 Å². The maximum absolute atomic E-state index is 12.2. The van der Waals surface area contributed by atoms with Crippen molar-refractivity contribution in [3.63, 3.8) is 0 Å². The number of ketones is 1. The smallest absolute Gasteiger partial charge is 0.417 e. The number of carbonyl (C=O) groups is 6. The van der Waals surface area contributed by atoms with Crippen LogP contribution in [-0.2, 0) is 33.3 Å². The van der Waals surface area contributed by atoms with Crippen LogP contribution in [-0.4, -0.2) is 78.2 Å². The van der Waals surface area contributed by atoms with Gasteiger partial charge in [0.1, 0.15) is 23.3 Å². The third-order valence-electron chi connectivity index (χ3n) is 6.50. The molecule has 1 aliphatic heterocycles. The molecule has 2 aromatic carbocycles. The van der Waals surface area contributed by atoms with Crippen molar-refractivity contribution >= 4 is 51.7 Å². The van der Waals surface area contributed by atoms with E-state index in [0.717, 1.165) is 14.9 Å². The fraction of sp³-hybridized carbons (Fsp3) is 0.500. The molecule has 1 aliphatic rings. The molecule has 270 valence electrons. The van der Waals surface area contributed by atoms with Crippen molar-refractivity contribution in [2.75, 3.05) is 14.2 Å². The molecule has 0 aromatic heterocycles. The van der Waals surface area contributed by atoms with Gasteiger partial charge in [0.25, 0.3) is 0 Å². The van der Waals surface area contributed by atoms with Crippen LogP contribution in [0.15, 0.2) is 53.0 Å². The quantitative estimate of drug-likeness (QED) is 0.180. The lowest BCUT2D eigenvalue weighted by atomic mass is 10.0. The molecule has 13 heteroatoms. The normalized spacial score (nSPS) is 14.6. The SMILES string of the molecule is COC(=O)[C@@H]1CCC(=O)N1C(=O)OC(C)(C)C.COC(=O)[C@H](CCC(=O)c1ccc(C)cc1)NC(=O)OC(C)(C)C.Cc1ccc(Br)cc1. The van der Waals surface area contributed by atoms with Gasteiger partial charge in [-0.1, -0.05) is 63.5 Å². The average molecular weight is 750 g/mol. The first kappa shape index (κ1) is 42.8. The number of methoxy groups -OCH3 is 2. The van der Waals surface area contributed by atoms with Gasteiger partial charge >= 0.3 is 24.1 Å². The number of likely N-dealkylation sites (tertiary alicyclic amines) is 1. The van der Waals surface area contributed by atoms with Crippen LogP contribution in [0.3, 0.4) is 0 Å². The summed E-state index contributed by atoms with van der Waals surface area (Å²) in [5, 5.41) is 2.45. The maximum Gasteiger partial charge on any atom is 0.417 e. The lowest BCUT2D eigenvalue weighted by molar-refractivity contribution is -0.148. The molecule has 0 bridgehead atoms. The highest BCUT2D eigenvalue weighted by atomic mass is 79.9. The minimum absolute atomic E-state index is 0.102. The third-order valence-corrected chi connectivity index (χ3v) is 7.03. The van der Waals surface area contributed by atoms with Crippen molar-refractivity contribution in [1.82, 2.24) is 10.2 Å². The van der Waals surface area contributed by atoms with E-state index in [9.17, 15) is 28.8 Å². The van der Waals surface area contributed by atoms with E-state index >= 15 is 0 Å². The zero-order valence-corrected chi connectivity index (χ0v) is 31.6. The summed E-state index contributed by atoms with van der Waals surface area (Å²) in [5.74, 6) is -1.72. The van der Waals surface area contributed by atoms with E-state index in [4.69, 9.17) is 9.47 Å². The van der Waals surface area contributed by atoms with Gasteiger partial charge in [0.2, 0.25) is 5.91 Å². The minimum atomic E-state index is -0.931. The molecule has 49 heavy (non-hydrogen) atoms. The third kappa shape index (κ3) is 16.6. The number of amides is 3. The number of nitrogens with zero attached hydrogens (tertiary/aromatic N) is 1. The summed E-state index contributed by atoms with van der Waals surface area (Å²) in [6.45, 7) is 14.3. The number of ether oxygens (including phenoxy) is 4. The molecule has 0 spiro atoms. The van der Waals surface area contributed by atoms with Crippen LogP contribution in [0.1, 0.15) is 88.7 Å². The molecule has 1 heterocycles. The number of imide groups is 1. The van der Waals surface area contributed by atoms with Crippen LogP contribution < -0.4 is 5.32 Å². The van der Waals surface area contributed by atoms with Gasteiger partial charge < -0.3 is 24.3 Å². The predicted molar refractivity (Wildman–Crippen MR) is 187 cm³/mol. The second-order valence-corrected chi connectivity index (χ2v) is 14.1. The van der Waals surface area contributed by atoms with Gasteiger partial charge in [-0.15, -0.1) is 0 Å². The van der Waals surface area contributed by atoms with E-state index in [2.05, 4.69) is 49.8 Å². The van der Waals surface area contributed by atoms with Gasteiger partial charge in [-0.25, -0.2) is 24.1 Å². The van der Waals surface area contributed by atoms with Crippen molar-refractivity contribution in [2.45, 2.75) is 104 Å². The van der Waals surface area contributed by atoms with Crippen LogP contribution >= 0.6 is 15.9 Å². The maximum atomic E-state index is 12.2. The topological polar surface area (TPSA) is 155 Å². The summed E-state index contributed by atoms with van der Waals surface area (Å²) in [4.78, 5) is 71.4. The molecular formula is C36H49BrN2O10. The fourth-order valence-corrected chi connectivity index (χ4v) is 4.38. The van der Waals surface area contributed by atoms with Gasteiger partial charge in [-0.05, 0) is 80.4 Å². The number of nitrogens with one attached hydrogen (secondary N) is 1. The van der Waals surface area contributed by atoms with Crippen molar-refractivity contribution < 1.29 is 47.7 Å². The van der Waals surface area contributed by atoms with Crippen LogP contribution in [0.25, 0.3) is 0 Å². The van der Waals surface area contributed by atoms with Crippen LogP contribution in [0.5, 0.6) is 0 Å². The Labute approximate surface area is 297 Å². The standard InChI is InChI=1S/C18H25NO5.C11H17NO5.C7H7Br/c1-12-6-8-13(9-7-12)15(20)11-10-14(16(21)23-5)19-17(22)24-18(2,3)4;1-11(2,3)17-10(15)12-7(9(14)16-4)5-6-8(12)13;1-6-2-4-7(8)5-3-6/h6-9,14H,10-11H2,1-5H3,(H,19,22);7H,5-6H2,1-4H3;2-5H,1H3/t14-;7-;/m00./s1. The summed E-state index contributed by atoms with van der Waals surface area (Å²) >= 11 is 3.35. The Bertz CT molecular complexity index is 1410. The largest absolute Gasteiger partial charge is 0.467 e. The molecule has 12 nitrogen and oxygen atoms in total. The monoisotopic (exact) mass is 748 g/mol. The number of carbonyl (C=O) groups excluding carboxylic acids is 6. The highest BCUT2D eigenvalue weighted by Crippen LogP contribution is 2.23. The Morgan fingerprint density at radius 1 is 0.837 bits per heavy atom. The minimum Gasteiger partial charge on any atom is -0.467 e. The van der Waals surface area contributed by atoms with Gasteiger partial charge in [0.05, 0.1) is 14.2 Å². The Morgan fingerprint density at radius 3 is 1.80 bits per heavy atom. The highest BCUT2D eigenvalue weighted by Gasteiger charge is 2.43. The predicted octanol–water partition coefficient (Wildman–Crippen LogP) is 6.87. The van der Waals surface area contributed by atoms with E-state index < -0.39 is 53.3 Å². The van der Waals surface area contributed by atoms with Crippen LogP contribution in [0.2, 0.25) is 0 Å². The van der Waals surface area contributed by atoms with Crippen molar-refractivity contribution in [1.29, 1.82) is 0 Å². The molecule has 2 atom stereocenters. The summed E-state index contributed by atoms with van der Waals surface area (Å²) < 4.78 is 20.6. The molecular weight excluding hydrogens is 700 g/mol. The first-order valence-electron chi connectivity index (χ1n) is 15.7. The average Bonchev–Trinajstić information content (AvgIpc) is 3.40. The fourth-order valence-electron chi connectivity index (χ4n) is 4.12. The zero-order valence-electron chi connectivity index (χ0n) is 30.0. The molecule has 0 radical (unpaired) electrons. The Kier molecular flexibility index (Phi) is 17.2. The first-order valence-corrected chi connectivity index (χ1v) is 16.5. The number of Topliss-reactive ketones (excluding diaryl/α,β-unsaturated/α-hetero) is 1. The summed E-state index contributed by atoms with van der Waals surface area (Å²) in [5.41, 5.74) is 1.54. The second kappa shape index (κ2) is 19.7. The molecule has 0 aliphatic carbocycles. The van der Waals surface area contributed by atoms with Crippen molar-refractivity contribution in [2.24, 2.45) is 0 Å². The number of halogens is 1. The first-order chi connectivity index (χ1) is 22.7. The van der Waals surface area contributed by atoms with Crippen molar-refractivity contribution in [3.8, 4) is 0 Å². The van der Waals surface area contributed by atoms with Crippen LogP contribution in [0, 0.1) is 13.8 Å². The number of esters is 2. The number of benzene rings is 2.